The Morgan fingerprint density at radius 3 is 2.76 bits per heavy atom. The molecule has 0 saturated heterocycles. The van der Waals surface area contributed by atoms with Crippen LogP contribution in [0.25, 0.3) is 22.1 Å². The Hall–Kier alpha value is -2.55. The molecule has 1 aliphatic heterocycles. The van der Waals surface area contributed by atoms with Crippen LogP contribution in [0.3, 0.4) is 0 Å². The first-order chi connectivity index (χ1) is 10.2. The molecule has 3 nitrogen and oxygen atoms in total. The Balaban J connectivity index is 2.21. The molecule has 0 radical (unpaired) electrons. The molecule has 4 rings (SSSR count). The first kappa shape index (κ1) is 12.2. The van der Waals surface area contributed by atoms with E-state index in [9.17, 15) is 4.79 Å². The topological polar surface area (TPSA) is 33.5 Å². The third-order valence-electron chi connectivity index (χ3n) is 4.18. The number of nitrogens with zero attached hydrogens (tertiary/aromatic N) is 1. The van der Waals surface area contributed by atoms with Gasteiger partial charge in [0.1, 0.15) is 5.58 Å². The number of hydrogen-bond acceptors (Lipinski definition) is 3. The predicted molar refractivity (Wildman–Crippen MR) is 84.8 cm³/mol. The van der Waals surface area contributed by atoms with Crippen molar-refractivity contribution in [1.82, 2.24) is 0 Å². The van der Waals surface area contributed by atoms with Gasteiger partial charge >= 0.3 is 5.63 Å². The van der Waals surface area contributed by atoms with E-state index in [1.165, 1.54) is 0 Å². The molecule has 0 atom stereocenters. The fraction of sp³-hybridized carbons (Fsp3) is 0.167. The van der Waals surface area contributed by atoms with Gasteiger partial charge in [0.05, 0.1) is 11.3 Å². The van der Waals surface area contributed by atoms with E-state index in [0.29, 0.717) is 11.1 Å². The lowest BCUT2D eigenvalue weighted by molar-refractivity contribution is 0.560. The van der Waals surface area contributed by atoms with Gasteiger partial charge in [-0.3, -0.25) is 0 Å². The molecular weight excluding hydrogens is 262 g/mol. The molecule has 3 heteroatoms. The summed E-state index contributed by atoms with van der Waals surface area (Å²) in [6, 6.07) is 14.0. The Morgan fingerprint density at radius 1 is 1.10 bits per heavy atom. The first-order valence-electron chi connectivity index (χ1n) is 7.02. The van der Waals surface area contributed by atoms with Crippen LogP contribution in [0.2, 0.25) is 0 Å². The number of fused-ring (bicyclic) bond motifs is 5. The van der Waals surface area contributed by atoms with Gasteiger partial charge in [-0.05, 0) is 29.7 Å². The Kier molecular flexibility index (Phi) is 2.45. The molecule has 2 heterocycles. The highest BCUT2D eigenvalue weighted by molar-refractivity contribution is 6.01. The third-order valence-corrected chi connectivity index (χ3v) is 4.18. The molecule has 0 aliphatic carbocycles. The zero-order chi connectivity index (χ0) is 14.6. The highest BCUT2D eigenvalue weighted by Gasteiger charge is 2.26. The van der Waals surface area contributed by atoms with Gasteiger partial charge in [-0.1, -0.05) is 36.4 Å². The summed E-state index contributed by atoms with van der Waals surface area (Å²) < 4.78 is 5.61. The first-order valence-corrected chi connectivity index (χ1v) is 7.02. The third kappa shape index (κ3) is 1.64. The molecule has 0 fully saturated rings. The lowest BCUT2D eigenvalue weighted by Gasteiger charge is -2.29. The van der Waals surface area contributed by atoms with Crippen molar-refractivity contribution in [3.63, 3.8) is 0 Å². The molecule has 0 bridgehead atoms. The van der Waals surface area contributed by atoms with Crippen molar-refractivity contribution < 1.29 is 4.42 Å². The second kappa shape index (κ2) is 4.22. The minimum atomic E-state index is -0.259. The minimum absolute atomic E-state index is 0.259. The zero-order valence-corrected chi connectivity index (χ0v) is 12.0. The van der Waals surface area contributed by atoms with Crippen molar-refractivity contribution in [3.8, 4) is 11.1 Å². The van der Waals surface area contributed by atoms with E-state index in [2.05, 4.69) is 11.0 Å². The average molecular weight is 277 g/mol. The molecule has 1 aromatic heterocycles. The Labute approximate surface area is 122 Å². The maximum atomic E-state index is 12.5. The van der Waals surface area contributed by atoms with Gasteiger partial charge in [0.2, 0.25) is 0 Å². The standard InChI is InChI=1S/C18H15NO2/c1-11-6-5-9-14-16-15(18(20)21-17(11)14)13-8-4-3-7-12(13)10-19(16)2/h3-9H,10H2,1-2H3. The molecule has 0 unspecified atom stereocenters. The van der Waals surface area contributed by atoms with Gasteiger partial charge in [0.15, 0.2) is 0 Å². The van der Waals surface area contributed by atoms with Crippen LogP contribution in [0.15, 0.2) is 51.7 Å². The smallest absolute Gasteiger partial charge is 0.346 e. The van der Waals surface area contributed by atoms with Gasteiger partial charge < -0.3 is 9.32 Å². The fourth-order valence-electron chi connectivity index (χ4n) is 3.22. The number of para-hydroxylation sites is 1. The predicted octanol–water partition coefficient (Wildman–Crippen LogP) is 3.72. The van der Waals surface area contributed by atoms with E-state index in [1.54, 1.807) is 0 Å². The number of benzene rings is 2. The van der Waals surface area contributed by atoms with E-state index < -0.39 is 0 Å². The van der Waals surface area contributed by atoms with Crippen molar-refractivity contribution in [2.24, 2.45) is 0 Å². The number of rotatable bonds is 0. The quantitative estimate of drug-likeness (QED) is 0.587. The maximum absolute atomic E-state index is 12.5. The van der Waals surface area contributed by atoms with Crippen LogP contribution in [-0.4, -0.2) is 7.05 Å². The second-order valence-electron chi connectivity index (χ2n) is 5.58. The summed E-state index contributed by atoms with van der Waals surface area (Å²) in [5.74, 6) is 0. The maximum Gasteiger partial charge on any atom is 0.346 e. The zero-order valence-electron chi connectivity index (χ0n) is 12.0. The van der Waals surface area contributed by atoms with Gasteiger partial charge in [-0.25, -0.2) is 4.79 Å². The summed E-state index contributed by atoms with van der Waals surface area (Å²) >= 11 is 0. The molecule has 21 heavy (non-hydrogen) atoms. The Bertz CT molecular complexity index is 924. The normalized spacial score (nSPS) is 13.1. The lowest BCUT2D eigenvalue weighted by Crippen LogP contribution is -2.25. The summed E-state index contributed by atoms with van der Waals surface area (Å²) in [5.41, 5.74) is 5.22. The van der Waals surface area contributed by atoms with Gasteiger partial charge in [0.25, 0.3) is 0 Å². The fourth-order valence-corrected chi connectivity index (χ4v) is 3.22. The van der Waals surface area contributed by atoms with Crippen molar-refractivity contribution in [2.45, 2.75) is 13.5 Å². The average Bonchev–Trinajstić information content (AvgIpc) is 2.48. The SMILES string of the molecule is Cc1cccc2c3c(c(=O)oc12)-c1ccccc1CN3C. The van der Waals surface area contributed by atoms with E-state index in [4.69, 9.17) is 4.42 Å². The van der Waals surface area contributed by atoms with Crippen LogP contribution in [0.4, 0.5) is 5.69 Å². The van der Waals surface area contributed by atoms with Crippen LogP contribution >= 0.6 is 0 Å². The summed E-state index contributed by atoms with van der Waals surface area (Å²) in [4.78, 5) is 14.7. The molecule has 0 saturated carbocycles. The second-order valence-corrected chi connectivity index (χ2v) is 5.58. The summed E-state index contributed by atoms with van der Waals surface area (Å²) in [7, 11) is 2.02. The molecule has 1 aliphatic rings. The van der Waals surface area contributed by atoms with Crippen LogP contribution in [0.5, 0.6) is 0 Å². The highest BCUT2D eigenvalue weighted by atomic mass is 16.4. The molecule has 0 spiro atoms. The van der Waals surface area contributed by atoms with Gasteiger partial charge in [-0.2, -0.15) is 0 Å². The van der Waals surface area contributed by atoms with Crippen LogP contribution in [0.1, 0.15) is 11.1 Å². The van der Waals surface area contributed by atoms with E-state index in [-0.39, 0.29) is 5.63 Å². The molecule has 0 N–H and O–H groups in total. The van der Waals surface area contributed by atoms with Crippen molar-refractivity contribution in [2.75, 3.05) is 11.9 Å². The molecular formula is C18H15NO2. The Morgan fingerprint density at radius 2 is 1.90 bits per heavy atom. The monoisotopic (exact) mass is 277 g/mol. The van der Waals surface area contributed by atoms with Gasteiger partial charge in [-0.15, -0.1) is 0 Å². The number of aryl methyl sites for hydroxylation is 1. The molecule has 104 valence electrons. The van der Waals surface area contributed by atoms with E-state index in [1.807, 2.05) is 50.4 Å². The lowest BCUT2D eigenvalue weighted by atomic mass is 9.93. The summed E-state index contributed by atoms with van der Waals surface area (Å²) in [5, 5.41) is 1.00. The van der Waals surface area contributed by atoms with Crippen LogP contribution in [0, 0.1) is 6.92 Å². The number of hydrogen-bond donors (Lipinski definition) is 0. The van der Waals surface area contributed by atoms with E-state index in [0.717, 1.165) is 34.3 Å². The van der Waals surface area contributed by atoms with Crippen molar-refractivity contribution in [3.05, 3.63) is 64.0 Å². The largest absolute Gasteiger partial charge is 0.422 e. The highest BCUT2D eigenvalue weighted by Crippen LogP contribution is 2.40. The molecule has 2 aromatic carbocycles. The summed E-state index contributed by atoms with van der Waals surface area (Å²) in [6.07, 6.45) is 0. The molecule has 0 amide bonds. The van der Waals surface area contributed by atoms with Crippen LogP contribution < -0.4 is 10.5 Å². The van der Waals surface area contributed by atoms with Gasteiger partial charge in [0, 0.05) is 19.0 Å². The minimum Gasteiger partial charge on any atom is -0.422 e. The summed E-state index contributed by atoms with van der Waals surface area (Å²) in [6.45, 7) is 2.77. The molecule has 3 aromatic rings. The van der Waals surface area contributed by atoms with Crippen molar-refractivity contribution >= 4 is 16.7 Å². The number of anilines is 1. The van der Waals surface area contributed by atoms with Crippen LogP contribution in [-0.2, 0) is 6.54 Å². The van der Waals surface area contributed by atoms with Crippen molar-refractivity contribution in [1.29, 1.82) is 0 Å². The van der Waals surface area contributed by atoms with E-state index >= 15 is 0 Å².